The lowest BCUT2D eigenvalue weighted by Gasteiger charge is -1.95. The van der Waals surface area contributed by atoms with Crippen LogP contribution in [0, 0.1) is 13.8 Å². The van der Waals surface area contributed by atoms with Crippen LogP contribution in [0.1, 0.15) is 24.4 Å². The summed E-state index contributed by atoms with van der Waals surface area (Å²) >= 11 is 0. The van der Waals surface area contributed by atoms with Gasteiger partial charge in [-0.25, -0.2) is 0 Å². The zero-order chi connectivity index (χ0) is 11.1. The van der Waals surface area contributed by atoms with Gasteiger partial charge in [0.2, 0.25) is 0 Å². The number of hydrogen-bond donors (Lipinski definition) is 2. The van der Waals surface area contributed by atoms with Crippen molar-refractivity contribution >= 4 is 5.82 Å². The number of H-pyrrole nitrogens is 1. The van der Waals surface area contributed by atoms with Crippen molar-refractivity contribution < 1.29 is 4.42 Å². The van der Waals surface area contributed by atoms with E-state index < -0.39 is 0 Å². The minimum absolute atomic E-state index is 0.628. The average molecular weight is 217 g/mol. The van der Waals surface area contributed by atoms with E-state index in [2.05, 4.69) is 15.5 Å². The fraction of sp³-hybridized carbons (Fsp3) is 0.417. The molecule has 2 N–H and O–H groups in total. The molecule has 0 spiro atoms. The highest BCUT2D eigenvalue weighted by atomic mass is 16.3. The predicted octanol–water partition coefficient (Wildman–Crippen LogP) is 2.86. The van der Waals surface area contributed by atoms with E-state index in [1.165, 1.54) is 12.8 Å². The molecule has 1 aliphatic rings. The summed E-state index contributed by atoms with van der Waals surface area (Å²) in [4.78, 5) is 0. The lowest BCUT2D eigenvalue weighted by atomic mass is 10.2. The molecular formula is C12H15N3O. The zero-order valence-corrected chi connectivity index (χ0v) is 9.50. The largest absolute Gasteiger partial charge is 0.466 e. The van der Waals surface area contributed by atoms with Gasteiger partial charge in [0.1, 0.15) is 17.3 Å². The molecular weight excluding hydrogens is 202 g/mol. The van der Waals surface area contributed by atoms with Crippen LogP contribution in [-0.2, 0) is 0 Å². The average Bonchev–Trinajstić information content (AvgIpc) is 2.80. The molecule has 2 heterocycles. The van der Waals surface area contributed by atoms with Gasteiger partial charge < -0.3 is 9.73 Å². The van der Waals surface area contributed by atoms with Crippen LogP contribution >= 0.6 is 0 Å². The Labute approximate surface area is 94.0 Å². The van der Waals surface area contributed by atoms with Crippen LogP contribution in [0.2, 0.25) is 0 Å². The van der Waals surface area contributed by atoms with Gasteiger partial charge in [0, 0.05) is 17.7 Å². The fourth-order valence-electron chi connectivity index (χ4n) is 1.87. The summed E-state index contributed by atoms with van der Waals surface area (Å²) in [7, 11) is 0. The van der Waals surface area contributed by atoms with Crippen LogP contribution in [0.4, 0.5) is 5.82 Å². The minimum Gasteiger partial charge on any atom is -0.466 e. The van der Waals surface area contributed by atoms with Crippen LogP contribution in [0.3, 0.4) is 0 Å². The molecule has 2 aromatic rings. The Hall–Kier alpha value is -1.71. The molecule has 0 aliphatic heterocycles. The summed E-state index contributed by atoms with van der Waals surface area (Å²) in [5, 5.41) is 10.6. The number of anilines is 1. The van der Waals surface area contributed by atoms with Gasteiger partial charge in [0.05, 0.1) is 5.69 Å². The number of aryl methyl sites for hydroxylation is 2. The Morgan fingerprint density at radius 1 is 1.38 bits per heavy atom. The van der Waals surface area contributed by atoms with Crippen LogP contribution in [0.15, 0.2) is 16.5 Å². The van der Waals surface area contributed by atoms with E-state index in [1.54, 1.807) is 0 Å². The SMILES string of the molecule is Cc1cc(-c2cc(NC3CC3)n[nH]2)c(C)o1. The van der Waals surface area contributed by atoms with Gasteiger partial charge in [-0.3, -0.25) is 5.10 Å². The van der Waals surface area contributed by atoms with Gasteiger partial charge in [-0.05, 0) is 32.8 Å². The first-order chi connectivity index (χ1) is 7.72. The molecule has 0 amide bonds. The van der Waals surface area contributed by atoms with Crippen molar-refractivity contribution in [2.24, 2.45) is 0 Å². The number of aromatic nitrogens is 2. The Kier molecular flexibility index (Phi) is 2.02. The molecule has 16 heavy (non-hydrogen) atoms. The lowest BCUT2D eigenvalue weighted by molar-refractivity contribution is 0.505. The molecule has 2 aromatic heterocycles. The van der Waals surface area contributed by atoms with Crippen LogP contribution in [0.25, 0.3) is 11.3 Å². The smallest absolute Gasteiger partial charge is 0.148 e. The number of nitrogens with one attached hydrogen (secondary N) is 2. The lowest BCUT2D eigenvalue weighted by Crippen LogP contribution is -2.00. The number of rotatable bonds is 3. The Bertz CT molecular complexity index is 508. The second kappa shape index (κ2) is 3.40. The molecule has 0 aromatic carbocycles. The van der Waals surface area contributed by atoms with E-state index in [1.807, 2.05) is 26.0 Å². The Morgan fingerprint density at radius 3 is 2.81 bits per heavy atom. The number of hydrogen-bond acceptors (Lipinski definition) is 3. The van der Waals surface area contributed by atoms with E-state index in [4.69, 9.17) is 4.42 Å². The normalized spacial score (nSPS) is 15.4. The molecule has 1 saturated carbocycles. The molecule has 0 unspecified atom stereocenters. The minimum atomic E-state index is 0.628. The molecule has 4 nitrogen and oxygen atoms in total. The summed E-state index contributed by atoms with van der Waals surface area (Å²) in [6.45, 7) is 3.92. The van der Waals surface area contributed by atoms with E-state index in [0.29, 0.717) is 6.04 Å². The summed E-state index contributed by atoms with van der Waals surface area (Å²) in [6.07, 6.45) is 2.51. The third-order valence-corrected chi connectivity index (χ3v) is 2.84. The summed E-state index contributed by atoms with van der Waals surface area (Å²) in [5.74, 6) is 2.79. The zero-order valence-electron chi connectivity index (χ0n) is 9.50. The van der Waals surface area contributed by atoms with E-state index in [9.17, 15) is 0 Å². The standard InChI is InChI=1S/C12H15N3O/c1-7-5-10(8(2)16-7)11-6-12(15-14-11)13-9-3-4-9/h5-6,9H,3-4H2,1-2H3,(H2,13,14,15). The van der Waals surface area contributed by atoms with Gasteiger partial charge in [0.15, 0.2) is 0 Å². The topological polar surface area (TPSA) is 53.9 Å². The van der Waals surface area contributed by atoms with Gasteiger partial charge in [0.25, 0.3) is 0 Å². The molecule has 4 heteroatoms. The van der Waals surface area contributed by atoms with Gasteiger partial charge >= 0.3 is 0 Å². The van der Waals surface area contributed by atoms with Crippen molar-refractivity contribution in [2.75, 3.05) is 5.32 Å². The van der Waals surface area contributed by atoms with Gasteiger partial charge in [-0.15, -0.1) is 0 Å². The summed E-state index contributed by atoms with van der Waals surface area (Å²) < 4.78 is 5.50. The van der Waals surface area contributed by atoms with Crippen molar-refractivity contribution in [3.8, 4) is 11.3 Å². The molecule has 0 saturated heterocycles. The maximum atomic E-state index is 5.50. The molecule has 84 valence electrons. The predicted molar refractivity (Wildman–Crippen MR) is 62.4 cm³/mol. The first-order valence-electron chi connectivity index (χ1n) is 5.62. The van der Waals surface area contributed by atoms with Gasteiger partial charge in [-0.1, -0.05) is 0 Å². The third kappa shape index (κ3) is 1.71. The number of nitrogens with zero attached hydrogens (tertiary/aromatic N) is 1. The summed E-state index contributed by atoms with van der Waals surface area (Å²) in [6, 6.07) is 4.70. The Morgan fingerprint density at radius 2 is 2.19 bits per heavy atom. The van der Waals surface area contributed by atoms with Crippen LogP contribution < -0.4 is 5.32 Å². The Balaban J connectivity index is 1.87. The van der Waals surface area contributed by atoms with Crippen LogP contribution in [0.5, 0.6) is 0 Å². The molecule has 1 aliphatic carbocycles. The monoisotopic (exact) mass is 217 g/mol. The highest BCUT2D eigenvalue weighted by Crippen LogP contribution is 2.28. The van der Waals surface area contributed by atoms with E-state index in [0.717, 1.165) is 28.6 Å². The summed E-state index contributed by atoms with van der Waals surface area (Å²) in [5.41, 5.74) is 2.10. The quantitative estimate of drug-likeness (QED) is 0.831. The highest BCUT2D eigenvalue weighted by Gasteiger charge is 2.22. The van der Waals surface area contributed by atoms with Crippen molar-refractivity contribution in [2.45, 2.75) is 32.7 Å². The van der Waals surface area contributed by atoms with Crippen molar-refractivity contribution in [3.63, 3.8) is 0 Å². The first kappa shape index (κ1) is 9.51. The van der Waals surface area contributed by atoms with E-state index >= 15 is 0 Å². The highest BCUT2D eigenvalue weighted by molar-refractivity contribution is 5.65. The van der Waals surface area contributed by atoms with Crippen LogP contribution in [-0.4, -0.2) is 16.2 Å². The molecule has 0 atom stereocenters. The van der Waals surface area contributed by atoms with Crippen molar-refractivity contribution in [3.05, 3.63) is 23.7 Å². The number of furan rings is 1. The number of aromatic amines is 1. The molecule has 0 bridgehead atoms. The van der Waals surface area contributed by atoms with Crippen molar-refractivity contribution in [1.29, 1.82) is 0 Å². The molecule has 3 rings (SSSR count). The maximum Gasteiger partial charge on any atom is 0.148 e. The van der Waals surface area contributed by atoms with E-state index in [-0.39, 0.29) is 0 Å². The van der Waals surface area contributed by atoms with Gasteiger partial charge in [-0.2, -0.15) is 5.10 Å². The third-order valence-electron chi connectivity index (χ3n) is 2.84. The first-order valence-corrected chi connectivity index (χ1v) is 5.62. The second-order valence-corrected chi connectivity index (χ2v) is 4.41. The maximum absolute atomic E-state index is 5.50. The molecule has 0 radical (unpaired) electrons. The molecule has 1 fully saturated rings. The second-order valence-electron chi connectivity index (χ2n) is 4.41. The van der Waals surface area contributed by atoms with Crippen molar-refractivity contribution in [1.82, 2.24) is 10.2 Å². The fourth-order valence-corrected chi connectivity index (χ4v) is 1.87.